The van der Waals surface area contributed by atoms with Gasteiger partial charge in [-0.05, 0) is 25.0 Å². The highest BCUT2D eigenvalue weighted by Crippen LogP contribution is 2.07. The van der Waals surface area contributed by atoms with E-state index in [9.17, 15) is 0 Å². The molecule has 0 aliphatic heterocycles. The summed E-state index contributed by atoms with van der Waals surface area (Å²) in [4.78, 5) is 3.99. The van der Waals surface area contributed by atoms with Crippen molar-refractivity contribution in [3.8, 4) is 0 Å². The van der Waals surface area contributed by atoms with Crippen LogP contribution in [0.15, 0.2) is 53.7 Å². The van der Waals surface area contributed by atoms with Crippen LogP contribution in [0.1, 0.15) is 13.8 Å². The quantitative estimate of drug-likeness (QED) is 0.443. The van der Waals surface area contributed by atoms with Gasteiger partial charge in [0, 0.05) is 12.4 Å². The Hall–Kier alpha value is -1.37. The maximum absolute atomic E-state index is 3.99. The Balaban J connectivity index is 4.28. The summed E-state index contributed by atoms with van der Waals surface area (Å²) >= 11 is 0. The lowest BCUT2D eigenvalue weighted by molar-refractivity contribution is 1.38. The molecule has 1 nitrogen and oxygen atoms in total. The van der Waals surface area contributed by atoms with Crippen LogP contribution in [-0.4, -0.2) is 6.21 Å². The highest BCUT2D eigenvalue weighted by Gasteiger charge is 1.88. The van der Waals surface area contributed by atoms with Crippen LogP contribution in [0.4, 0.5) is 0 Å². The number of aliphatic imine (C=N–C) groups is 1. The Labute approximate surface area is 74.5 Å². The van der Waals surface area contributed by atoms with Crippen LogP contribution in [-0.2, 0) is 0 Å². The molecule has 0 bridgehead atoms. The molecular formula is C11H15N. The van der Waals surface area contributed by atoms with Crippen molar-refractivity contribution in [1.82, 2.24) is 0 Å². The molecule has 0 spiro atoms. The summed E-state index contributed by atoms with van der Waals surface area (Å²) < 4.78 is 0. The average Bonchev–Trinajstić information content (AvgIpc) is 2.10. The number of rotatable bonds is 4. The second kappa shape index (κ2) is 6.35. The third-order valence-electron chi connectivity index (χ3n) is 1.36. The van der Waals surface area contributed by atoms with Crippen LogP contribution in [0.2, 0.25) is 0 Å². The largest absolute Gasteiger partial charge is 0.269 e. The first-order chi connectivity index (χ1) is 5.72. The van der Waals surface area contributed by atoms with E-state index in [0.717, 1.165) is 11.1 Å². The van der Waals surface area contributed by atoms with Crippen molar-refractivity contribution >= 4 is 6.21 Å². The van der Waals surface area contributed by atoms with Gasteiger partial charge in [0.2, 0.25) is 0 Å². The standard InChI is InChI=1S/C11H15N/c1-5-7-8-10(3)11(4)9-12-6-2/h5-9H,1,3H2,2,4H3. The Morgan fingerprint density at radius 2 is 2.08 bits per heavy atom. The van der Waals surface area contributed by atoms with Gasteiger partial charge in [-0.1, -0.05) is 31.4 Å². The van der Waals surface area contributed by atoms with E-state index < -0.39 is 0 Å². The van der Waals surface area contributed by atoms with E-state index in [2.05, 4.69) is 18.2 Å². The van der Waals surface area contributed by atoms with Crippen molar-refractivity contribution in [2.75, 3.05) is 0 Å². The Bertz CT molecular complexity index is 242. The van der Waals surface area contributed by atoms with Gasteiger partial charge in [-0.15, -0.1) is 0 Å². The van der Waals surface area contributed by atoms with E-state index in [1.807, 2.05) is 26.0 Å². The maximum Gasteiger partial charge on any atom is 0.0298 e. The zero-order valence-electron chi connectivity index (χ0n) is 7.75. The first kappa shape index (κ1) is 10.6. The topological polar surface area (TPSA) is 12.4 Å². The van der Waals surface area contributed by atoms with E-state index in [1.165, 1.54) is 0 Å². The van der Waals surface area contributed by atoms with E-state index in [0.29, 0.717) is 0 Å². The first-order valence-electron chi connectivity index (χ1n) is 3.85. The lowest BCUT2D eigenvalue weighted by Gasteiger charge is -1.95. The SMILES string of the molecule is C=CC=CC(=C)C(C)=CN=CC. The molecule has 0 aliphatic rings. The van der Waals surface area contributed by atoms with Crippen molar-refractivity contribution in [3.05, 3.63) is 48.7 Å². The molecule has 0 aliphatic carbocycles. The van der Waals surface area contributed by atoms with Crippen LogP contribution < -0.4 is 0 Å². The molecule has 0 aromatic rings. The van der Waals surface area contributed by atoms with Gasteiger partial charge >= 0.3 is 0 Å². The summed E-state index contributed by atoms with van der Waals surface area (Å²) in [6.07, 6.45) is 9.02. The smallest absolute Gasteiger partial charge is 0.0298 e. The minimum absolute atomic E-state index is 0.959. The summed E-state index contributed by atoms with van der Waals surface area (Å²) in [7, 11) is 0. The van der Waals surface area contributed by atoms with Crippen LogP contribution >= 0.6 is 0 Å². The number of hydrogen-bond donors (Lipinski definition) is 0. The highest BCUT2D eigenvalue weighted by molar-refractivity contribution is 5.54. The molecule has 0 N–H and O–H groups in total. The third kappa shape index (κ3) is 4.45. The van der Waals surface area contributed by atoms with E-state index in [-0.39, 0.29) is 0 Å². The summed E-state index contributed by atoms with van der Waals surface area (Å²) in [6, 6.07) is 0. The Morgan fingerprint density at radius 1 is 1.42 bits per heavy atom. The minimum atomic E-state index is 0.959. The molecule has 0 unspecified atom stereocenters. The fourth-order valence-electron chi connectivity index (χ4n) is 0.585. The van der Waals surface area contributed by atoms with Crippen LogP contribution in [0, 0.1) is 0 Å². The van der Waals surface area contributed by atoms with Gasteiger partial charge in [-0.25, -0.2) is 0 Å². The molecule has 1 heteroatoms. The molecule has 0 atom stereocenters. The zero-order chi connectivity index (χ0) is 9.40. The molecular weight excluding hydrogens is 146 g/mol. The van der Waals surface area contributed by atoms with Gasteiger partial charge in [-0.3, -0.25) is 4.99 Å². The van der Waals surface area contributed by atoms with Crippen molar-refractivity contribution in [2.24, 2.45) is 4.99 Å². The van der Waals surface area contributed by atoms with Gasteiger partial charge in [-0.2, -0.15) is 0 Å². The molecule has 0 saturated carbocycles. The van der Waals surface area contributed by atoms with E-state index in [4.69, 9.17) is 0 Å². The minimum Gasteiger partial charge on any atom is -0.269 e. The highest BCUT2D eigenvalue weighted by atomic mass is 14.7. The van der Waals surface area contributed by atoms with E-state index >= 15 is 0 Å². The fourth-order valence-corrected chi connectivity index (χ4v) is 0.585. The van der Waals surface area contributed by atoms with Crippen molar-refractivity contribution in [2.45, 2.75) is 13.8 Å². The molecule has 0 rings (SSSR count). The monoisotopic (exact) mass is 161 g/mol. The lowest BCUT2D eigenvalue weighted by Crippen LogP contribution is -1.76. The van der Waals surface area contributed by atoms with Crippen LogP contribution in [0.3, 0.4) is 0 Å². The molecule has 64 valence electrons. The van der Waals surface area contributed by atoms with E-state index in [1.54, 1.807) is 18.5 Å². The van der Waals surface area contributed by atoms with Crippen molar-refractivity contribution < 1.29 is 0 Å². The summed E-state index contributed by atoms with van der Waals surface area (Å²) in [5.74, 6) is 0. The number of allylic oxidation sites excluding steroid dienone is 5. The van der Waals surface area contributed by atoms with Gasteiger partial charge in [0.05, 0.1) is 0 Å². The van der Waals surface area contributed by atoms with Crippen molar-refractivity contribution in [3.63, 3.8) is 0 Å². The molecule has 0 aromatic carbocycles. The molecule has 12 heavy (non-hydrogen) atoms. The molecule has 0 heterocycles. The summed E-state index contributed by atoms with van der Waals surface area (Å²) in [6.45, 7) is 11.3. The second-order valence-corrected chi connectivity index (χ2v) is 2.34. The van der Waals surface area contributed by atoms with Gasteiger partial charge in [0.1, 0.15) is 0 Å². The van der Waals surface area contributed by atoms with Gasteiger partial charge in [0.15, 0.2) is 0 Å². The molecule has 0 aromatic heterocycles. The average molecular weight is 161 g/mol. The Morgan fingerprint density at radius 3 is 2.58 bits per heavy atom. The Kier molecular flexibility index (Phi) is 5.62. The summed E-state index contributed by atoms with van der Waals surface area (Å²) in [5, 5.41) is 0. The third-order valence-corrected chi connectivity index (χ3v) is 1.36. The molecule has 0 fully saturated rings. The zero-order valence-corrected chi connectivity index (χ0v) is 7.75. The molecule has 0 saturated heterocycles. The fraction of sp³-hybridized carbons (Fsp3) is 0.182. The molecule has 0 amide bonds. The van der Waals surface area contributed by atoms with Crippen LogP contribution in [0.25, 0.3) is 0 Å². The van der Waals surface area contributed by atoms with Gasteiger partial charge in [0.25, 0.3) is 0 Å². The normalized spacial score (nSPS) is 12.7. The number of nitrogens with zero attached hydrogens (tertiary/aromatic N) is 1. The van der Waals surface area contributed by atoms with Crippen molar-refractivity contribution in [1.29, 1.82) is 0 Å². The van der Waals surface area contributed by atoms with Gasteiger partial charge < -0.3 is 0 Å². The second-order valence-electron chi connectivity index (χ2n) is 2.34. The predicted molar refractivity (Wildman–Crippen MR) is 56.4 cm³/mol. The predicted octanol–water partition coefficient (Wildman–Crippen LogP) is 3.28. The first-order valence-corrected chi connectivity index (χ1v) is 3.85. The maximum atomic E-state index is 3.99. The number of hydrogen-bond acceptors (Lipinski definition) is 1. The lowest BCUT2D eigenvalue weighted by atomic mass is 10.1. The summed E-state index contributed by atoms with van der Waals surface area (Å²) in [5.41, 5.74) is 2.02. The molecule has 0 radical (unpaired) electrons. The van der Waals surface area contributed by atoms with Crippen LogP contribution in [0.5, 0.6) is 0 Å².